The van der Waals surface area contributed by atoms with Gasteiger partial charge in [0.15, 0.2) is 0 Å². The molecule has 1 rings (SSSR count). The van der Waals surface area contributed by atoms with Crippen LogP contribution in [0.3, 0.4) is 0 Å². The van der Waals surface area contributed by atoms with Crippen molar-refractivity contribution in [2.24, 2.45) is 0 Å². The molecule has 1 aliphatic heterocycles. The number of hydrogen-bond donors (Lipinski definition) is 0. The normalized spacial score (nSPS) is 23.6. The molecule has 0 aliphatic carbocycles. The van der Waals surface area contributed by atoms with E-state index in [-0.39, 0.29) is 0 Å². The highest BCUT2D eigenvalue weighted by Gasteiger charge is 2.07. The number of rotatable bonds is 2. The summed E-state index contributed by atoms with van der Waals surface area (Å²) in [6, 6.07) is 0. The third-order valence-corrected chi connectivity index (χ3v) is 3.29. The zero-order chi connectivity index (χ0) is 10.2. The van der Waals surface area contributed by atoms with Crippen molar-refractivity contribution < 1.29 is 0 Å². The van der Waals surface area contributed by atoms with Crippen LogP contribution in [0.2, 0.25) is 0 Å². The van der Waals surface area contributed by atoms with Gasteiger partial charge in [0, 0.05) is 0 Å². The maximum Gasteiger partial charge on any atom is -0.00184 e. The van der Waals surface area contributed by atoms with Gasteiger partial charge in [-0.25, -0.2) is 0 Å². The maximum atomic E-state index is 2.60. The summed E-state index contributed by atoms with van der Waals surface area (Å²) in [5.74, 6) is 0. The van der Waals surface area contributed by atoms with Crippen molar-refractivity contribution in [1.82, 2.24) is 9.80 Å². The predicted molar refractivity (Wildman–Crippen MR) is 62.7 cm³/mol. The van der Waals surface area contributed by atoms with Crippen molar-refractivity contribution >= 4 is 0 Å². The van der Waals surface area contributed by atoms with E-state index in [2.05, 4.69) is 23.6 Å². The Morgan fingerprint density at radius 1 is 0.643 bits per heavy atom. The lowest BCUT2D eigenvalue weighted by atomic mass is 10.2. The zero-order valence-electron chi connectivity index (χ0n) is 9.97. The van der Waals surface area contributed by atoms with Crippen molar-refractivity contribution in [2.45, 2.75) is 39.5 Å². The second-order valence-corrected chi connectivity index (χ2v) is 4.28. The summed E-state index contributed by atoms with van der Waals surface area (Å²) in [4.78, 5) is 5.20. The largest absolute Gasteiger partial charge is 0.304 e. The van der Waals surface area contributed by atoms with Gasteiger partial charge in [-0.1, -0.05) is 13.8 Å². The standard InChI is InChI=1S/C12H26N2/c1-3-13-9-5-7-11-14(4-2)12-8-6-10-13/h3-12H2,1-2H3. The van der Waals surface area contributed by atoms with E-state index >= 15 is 0 Å². The van der Waals surface area contributed by atoms with Crippen LogP contribution in [0, 0.1) is 0 Å². The van der Waals surface area contributed by atoms with Gasteiger partial charge < -0.3 is 9.80 Å². The van der Waals surface area contributed by atoms with Gasteiger partial charge in [-0.3, -0.25) is 0 Å². The van der Waals surface area contributed by atoms with Crippen LogP contribution in [0.4, 0.5) is 0 Å². The molecule has 0 spiro atoms. The summed E-state index contributed by atoms with van der Waals surface area (Å²) in [6.07, 6.45) is 5.52. The summed E-state index contributed by atoms with van der Waals surface area (Å²) in [6.45, 7) is 12.3. The molecule has 2 heteroatoms. The average molecular weight is 198 g/mol. The van der Waals surface area contributed by atoms with E-state index in [1.807, 2.05) is 0 Å². The molecule has 0 bridgehead atoms. The van der Waals surface area contributed by atoms with Crippen LogP contribution in [0.15, 0.2) is 0 Å². The molecular weight excluding hydrogens is 172 g/mol. The minimum absolute atomic E-state index is 1.23. The van der Waals surface area contributed by atoms with Gasteiger partial charge in [0.2, 0.25) is 0 Å². The van der Waals surface area contributed by atoms with E-state index in [1.165, 1.54) is 65.0 Å². The van der Waals surface area contributed by atoms with Gasteiger partial charge in [0.1, 0.15) is 0 Å². The molecule has 0 amide bonds. The van der Waals surface area contributed by atoms with E-state index in [9.17, 15) is 0 Å². The highest BCUT2D eigenvalue weighted by molar-refractivity contribution is 4.63. The van der Waals surface area contributed by atoms with Crippen LogP contribution in [-0.2, 0) is 0 Å². The summed E-state index contributed by atoms with van der Waals surface area (Å²) in [7, 11) is 0. The first-order valence-electron chi connectivity index (χ1n) is 6.31. The summed E-state index contributed by atoms with van der Waals surface area (Å²) < 4.78 is 0. The van der Waals surface area contributed by atoms with Crippen LogP contribution in [0.1, 0.15) is 39.5 Å². The SMILES string of the molecule is CCN1CCCCN(CC)CCCC1. The summed E-state index contributed by atoms with van der Waals surface area (Å²) in [5.41, 5.74) is 0. The van der Waals surface area contributed by atoms with Gasteiger partial charge in [-0.2, -0.15) is 0 Å². The third kappa shape index (κ3) is 4.43. The van der Waals surface area contributed by atoms with E-state index in [0.717, 1.165) is 0 Å². The van der Waals surface area contributed by atoms with Crippen LogP contribution < -0.4 is 0 Å². The second kappa shape index (κ2) is 7.24. The molecule has 0 unspecified atom stereocenters. The minimum atomic E-state index is 1.23. The Bertz CT molecular complexity index is 108. The van der Waals surface area contributed by atoms with Crippen LogP contribution in [0.25, 0.3) is 0 Å². The molecule has 14 heavy (non-hydrogen) atoms. The van der Waals surface area contributed by atoms with E-state index in [4.69, 9.17) is 0 Å². The Morgan fingerprint density at radius 2 is 0.929 bits per heavy atom. The first kappa shape index (κ1) is 12.0. The van der Waals surface area contributed by atoms with Crippen LogP contribution in [0.5, 0.6) is 0 Å². The summed E-state index contributed by atoms with van der Waals surface area (Å²) in [5, 5.41) is 0. The molecule has 0 aromatic rings. The lowest BCUT2D eigenvalue weighted by Gasteiger charge is -2.25. The topological polar surface area (TPSA) is 6.48 Å². The highest BCUT2D eigenvalue weighted by atomic mass is 15.1. The lowest BCUT2D eigenvalue weighted by molar-refractivity contribution is 0.222. The Kier molecular flexibility index (Phi) is 6.20. The average Bonchev–Trinajstić information content (AvgIpc) is 2.25. The maximum absolute atomic E-state index is 2.60. The first-order chi connectivity index (χ1) is 6.86. The molecular formula is C12H26N2. The molecule has 0 aromatic heterocycles. The van der Waals surface area contributed by atoms with Crippen molar-refractivity contribution in [2.75, 3.05) is 39.3 Å². The molecule has 0 atom stereocenters. The van der Waals surface area contributed by atoms with Gasteiger partial charge in [-0.05, 0) is 65.0 Å². The smallest absolute Gasteiger partial charge is 0.00184 e. The fourth-order valence-corrected chi connectivity index (χ4v) is 2.20. The van der Waals surface area contributed by atoms with Crippen LogP contribution in [-0.4, -0.2) is 49.1 Å². The zero-order valence-corrected chi connectivity index (χ0v) is 9.97. The van der Waals surface area contributed by atoms with Crippen molar-refractivity contribution in [1.29, 1.82) is 0 Å². The monoisotopic (exact) mass is 198 g/mol. The van der Waals surface area contributed by atoms with Gasteiger partial charge in [-0.15, -0.1) is 0 Å². The Labute approximate surface area is 89.3 Å². The Morgan fingerprint density at radius 3 is 1.14 bits per heavy atom. The van der Waals surface area contributed by atoms with Gasteiger partial charge in [0.05, 0.1) is 0 Å². The molecule has 1 saturated heterocycles. The Hall–Kier alpha value is -0.0800. The molecule has 1 aliphatic rings. The molecule has 2 nitrogen and oxygen atoms in total. The van der Waals surface area contributed by atoms with E-state index in [0.29, 0.717) is 0 Å². The third-order valence-electron chi connectivity index (χ3n) is 3.29. The first-order valence-corrected chi connectivity index (χ1v) is 6.31. The van der Waals surface area contributed by atoms with Crippen molar-refractivity contribution in [3.8, 4) is 0 Å². The van der Waals surface area contributed by atoms with Gasteiger partial charge >= 0.3 is 0 Å². The summed E-state index contributed by atoms with van der Waals surface area (Å²) >= 11 is 0. The van der Waals surface area contributed by atoms with E-state index < -0.39 is 0 Å². The number of nitrogens with zero attached hydrogens (tertiary/aromatic N) is 2. The minimum Gasteiger partial charge on any atom is -0.304 e. The van der Waals surface area contributed by atoms with Crippen LogP contribution >= 0.6 is 0 Å². The highest BCUT2D eigenvalue weighted by Crippen LogP contribution is 2.05. The molecule has 1 heterocycles. The molecule has 0 saturated carbocycles. The van der Waals surface area contributed by atoms with Crippen molar-refractivity contribution in [3.63, 3.8) is 0 Å². The quantitative estimate of drug-likeness (QED) is 0.671. The fraction of sp³-hybridized carbons (Fsp3) is 1.00. The molecule has 84 valence electrons. The second-order valence-electron chi connectivity index (χ2n) is 4.28. The molecule has 0 radical (unpaired) electrons. The van der Waals surface area contributed by atoms with Crippen molar-refractivity contribution in [3.05, 3.63) is 0 Å². The molecule has 0 aromatic carbocycles. The Balaban J connectivity index is 2.26. The fourth-order valence-electron chi connectivity index (χ4n) is 2.20. The lowest BCUT2D eigenvalue weighted by Crippen LogP contribution is -2.31. The van der Waals surface area contributed by atoms with Gasteiger partial charge in [0.25, 0.3) is 0 Å². The van der Waals surface area contributed by atoms with E-state index in [1.54, 1.807) is 0 Å². The molecule has 0 N–H and O–H groups in total. The predicted octanol–water partition coefficient (Wildman–Crippen LogP) is 2.20. The number of hydrogen-bond acceptors (Lipinski definition) is 2. The molecule has 1 fully saturated rings.